The van der Waals surface area contributed by atoms with Crippen LogP contribution >= 0.6 is 0 Å². The van der Waals surface area contributed by atoms with Gasteiger partial charge in [-0.05, 0) is 12.1 Å². The smallest absolute Gasteiger partial charge is 0.206 e. The molecule has 2 aromatic carbocycles. The summed E-state index contributed by atoms with van der Waals surface area (Å²) in [6, 6.07) is 4.73. The van der Waals surface area contributed by atoms with Crippen LogP contribution in [0.1, 0.15) is 0 Å². The molecule has 0 radical (unpaired) electrons. The second-order valence-electron chi connectivity index (χ2n) is 4.13. The summed E-state index contributed by atoms with van der Waals surface area (Å²) in [5.41, 5.74) is 4.63. The highest BCUT2D eigenvalue weighted by molar-refractivity contribution is 5.81. The number of imidazole rings is 1. The van der Waals surface area contributed by atoms with Gasteiger partial charge < -0.3 is 5.73 Å². The highest BCUT2D eigenvalue weighted by atomic mass is 19.1. The van der Waals surface area contributed by atoms with Crippen molar-refractivity contribution in [2.75, 3.05) is 5.73 Å². The summed E-state index contributed by atoms with van der Waals surface area (Å²) < 4.78 is 55.3. The van der Waals surface area contributed by atoms with Gasteiger partial charge in [-0.1, -0.05) is 6.07 Å². The minimum Gasteiger partial charge on any atom is -0.369 e. The van der Waals surface area contributed by atoms with Gasteiger partial charge in [0, 0.05) is 12.1 Å². The fourth-order valence-corrected chi connectivity index (χ4v) is 2.06. The zero-order valence-electron chi connectivity index (χ0n) is 9.87. The Morgan fingerprint density at radius 3 is 2.25 bits per heavy atom. The number of nitrogen functional groups attached to an aromatic ring is 1. The second kappa shape index (κ2) is 4.22. The molecule has 7 heteroatoms. The Morgan fingerprint density at radius 1 is 0.950 bits per heavy atom. The van der Waals surface area contributed by atoms with Crippen LogP contribution < -0.4 is 5.73 Å². The van der Waals surface area contributed by atoms with Crippen LogP contribution in [0.2, 0.25) is 0 Å². The zero-order valence-corrected chi connectivity index (χ0v) is 9.87. The lowest BCUT2D eigenvalue weighted by Gasteiger charge is -2.08. The molecule has 0 fully saturated rings. The van der Waals surface area contributed by atoms with Gasteiger partial charge >= 0.3 is 0 Å². The number of nitrogens with zero attached hydrogens (tertiary/aromatic N) is 2. The van der Waals surface area contributed by atoms with E-state index < -0.39 is 29.0 Å². The fourth-order valence-electron chi connectivity index (χ4n) is 2.06. The van der Waals surface area contributed by atoms with Gasteiger partial charge in [-0.2, -0.15) is 0 Å². The molecule has 3 rings (SSSR count). The Labute approximate surface area is 110 Å². The van der Waals surface area contributed by atoms with E-state index in [0.29, 0.717) is 6.07 Å². The molecule has 0 amide bonds. The van der Waals surface area contributed by atoms with E-state index in [-0.39, 0.29) is 17.0 Å². The van der Waals surface area contributed by atoms with Crippen molar-refractivity contribution in [2.45, 2.75) is 0 Å². The van der Waals surface area contributed by atoms with Crippen molar-refractivity contribution in [3.63, 3.8) is 0 Å². The van der Waals surface area contributed by atoms with Crippen molar-refractivity contribution in [2.24, 2.45) is 0 Å². The van der Waals surface area contributed by atoms with E-state index in [4.69, 9.17) is 5.73 Å². The van der Waals surface area contributed by atoms with Crippen molar-refractivity contribution < 1.29 is 17.6 Å². The van der Waals surface area contributed by atoms with Gasteiger partial charge in [0.05, 0.1) is 5.52 Å². The normalized spacial score (nSPS) is 11.2. The molecule has 0 aliphatic heterocycles. The molecule has 0 atom stereocenters. The summed E-state index contributed by atoms with van der Waals surface area (Å²) in [5.74, 6) is -4.02. The van der Waals surface area contributed by atoms with Gasteiger partial charge in [0.15, 0.2) is 5.82 Å². The third-order valence-electron chi connectivity index (χ3n) is 2.87. The number of para-hydroxylation sites is 1. The van der Waals surface area contributed by atoms with E-state index in [1.165, 1.54) is 6.07 Å². The van der Waals surface area contributed by atoms with Gasteiger partial charge in [-0.15, -0.1) is 0 Å². The first-order chi connectivity index (χ1) is 9.49. The predicted octanol–water partition coefficient (Wildman–Crippen LogP) is 3.16. The molecule has 2 N–H and O–H groups in total. The minimum atomic E-state index is -0.956. The summed E-state index contributed by atoms with van der Waals surface area (Å²) >= 11 is 0. The van der Waals surface area contributed by atoms with E-state index in [1.807, 2.05) is 0 Å². The van der Waals surface area contributed by atoms with Crippen LogP contribution in [0, 0.1) is 23.3 Å². The summed E-state index contributed by atoms with van der Waals surface area (Å²) in [5, 5.41) is 0. The molecule has 0 bridgehead atoms. The van der Waals surface area contributed by atoms with Crippen molar-refractivity contribution in [3.8, 4) is 5.69 Å². The molecule has 1 aromatic heterocycles. The number of anilines is 1. The molecular weight excluding hydrogens is 274 g/mol. The number of fused-ring (bicyclic) bond motifs is 1. The monoisotopic (exact) mass is 281 g/mol. The van der Waals surface area contributed by atoms with Crippen LogP contribution in [0.15, 0.2) is 30.3 Å². The quantitative estimate of drug-likeness (QED) is 0.696. The van der Waals surface area contributed by atoms with Gasteiger partial charge in [-0.3, -0.25) is 4.57 Å². The van der Waals surface area contributed by atoms with E-state index in [2.05, 4.69) is 4.98 Å². The summed E-state index contributed by atoms with van der Waals surface area (Å²) in [6.45, 7) is 0. The van der Waals surface area contributed by atoms with Gasteiger partial charge in [0.25, 0.3) is 0 Å². The summed E-state index contributed by atoms with van der Waals surface area (Å²) in [7, 11) is 0. The maximum absolute atomic E-state index is 13.8. The summed E-state index contributed by atoms with van der Waals surface area (Å²) in [4.78, 5) is 3.68. The highest BCUT2D eigenvalue weighted by Gasteiger charge is 2.20. The molecule has 20 heavy (non-hydrogen) atoms. The Bertz CT molecular complexity index is 806. The third-order valence-corrected chi connectivity index (χ3v) is 2.87. The first-order valence-electron chi connectivity index (χ1n) is 5.56. The molecule has 102 valence electrons. The molecular formula is C13H7F4N3. The van der Waals surface area contributed by atoms with Crippen LogP contribution in [-0.4, -0.2) is 9.55 Å². The lowest BCUT2D eigenvalue weighted by molar-refractivity contribution is 0.570. The maximum Gasteiger partial charge on any atom is 0.206 e. The van der Waals surface area contributed by atoms with E-state index >= 15 is 0 Å². The average molecular weight is 281 g/mol. The lowest BCUT2D eigenvalue weighted by atomic mass is 10.2. The molecule has 0 unspecified atom stereocenters. The van der Waals surface area contributed by atoms with Crippen molar-refractivity contribution in [1.29, 1.82) is 0 Å². The zero-order chi connectivity index (χ0) is 14.4. The molecule has 0 saturated heterocycles. The first kappa shape index (κ1) is 12.5. The first-order valence-corrected chi connectivity index (χ1v) is 5.56. The number of aromatic nitrogens is 2. The topological polar surface area (TPSA) is 43.8 Å². The van der Waals surface area contributed by atoms with E-state index in [1.54, 1.807) is 0 Å². The molecule has 0 aliphatic carbocycles. The van der Waals surface area contributed by atoms with Gasteiger partial charge in [0.2, 0.25) is 5.95 Å². The molecule has 0 spiro atoms. The molecule has 1 heterocycles. The largest absolute Gasteiger partial charge is 0.369 e. The Hall–Kier alpha value is -2.57. The van der Waals surface area contributed by atoms with E-state index in [0.717, 1.165) is 22.8 Å². The Kier molecular flexibility index (Phi) is 2.63. The number of halogens is 4. The maximum atomic E-state index is 13.8. The van der Waals surface area contributed by atoms with Gasteiger partial charge in [0.1, 0.15) is 28.7 Å². The second-order valence-corrected chi connectivity index (χ2v) is 4.13. The third kappa shape index (κ3) is 1.70. The standard InChI is InChI=1S/C13H7F4N3/c14-6-4-9(17)11-10(5-6)20(13(18)19-11)12-7(15)2-1-3-8(12)16/h1-5H,(H2,18,19). The number of rotatable bonds is 1. The average Bonchev–Trinajstić information content (AvgIpc) is 2.67. The molecule has 3 aromatic rings. The van der Waals surface area contributed by atoms with E-state index in [9.17, 15) is 17.6 Å². The number of benzene rings is 2. The van der Waals surface area contributed by atoms with Gasteiger partial charge in [-0.25, -0.2) is 22.5 Å². The molecule has 0 saturated carbocycles. The predicted molar refractivity (Wildman–Crippen MR) is 65.3 cm³/mol. The van der Waals surface area contributed by atoms with Crippen LogP contribution in [0.3, 0.4) is 0 Å². The number of nitrogens with two attached hydrogens (primary N) is 1. The number of hydrogen-bond acceptors (Lipinski definition) is 2. The van der Waals surface area contributed by atoms with Crippen LogP contribution in [-0.2, 0) is 0 Å². The summed E-state index contributed by atoms with van der Waals surface area (Å²) in [6.07, 6.45) is 0. The van der Waals surface area contributed by atoms with Crippen LogP contribution in [0.4, 0.5) is 23.5 Å². The SMILES string of the molecule is Nc1nc2c(F)cc(F)cc2n1-c1c(F)cccc1F. The molecule has 0 aliphatic rings. The van der Waals surface area contributed by atoms with Crippen LogP contribution in [0.25, 0.3) is 16.7 Å². The minimum absolute atomic E-state index is 0.149. The molecule has 3 nitrogen and oxygen atoms in total. The van der Waals surface area contributed by atoms with Crippen LogP contribution in [0.5, 0.6) is 0 Å². The number of hydrogen-bond donors (Lipinski definition) is 1. The Balaban J connectivity index is 2.45. The lowest BCUT2D eigenvalue weighted by Crippen LogP contribution is -2.05. The van der Waals surface area contributed by atoms with Crippen molar-refractivity contribution in [1.82, 2.24) is 9.55 Å². The highest BCUT2D eigenvalue weighted by Crippen LogP contribution is 2.28. The Morgan fingerprint density at radius 2 is 1.60 bits per heavy atom. The van der Waals surface area contributed by atoms with Crippen molar-refractivity contribution >= 4 is 17.0 Å². The fraction of sp³-hybridized carbons (Fsp3) is 0. The van der Waals surface area contributed by atoms with Crippen molar-refractivity contribution in [3.05, 3.63) is 53.6 Å².